The zero-order chi connectivity index (χ0) is 14.7. The van der Waals surface area contributed by atoms with Gasteiger partial charge in [0.05, 0.1) is 12.0 Å². The molecule has 1 aliphatic carbocycles. The van der Waals surface area contributed by atoms with E-state index in [1.807, 2.05) is 24.3 Å². The smallest absolute Gasteiger partial charge is 0.261 e. The van der Waals surface area contributed by atoms with Gasteiger partial charge in [-0.3, -0.25) is 4.79 Å². The number of benzene rings is 1. The molecule has 1 heterocycles. The Morgan fingerprint density at radius 2 is 2.10 bits per heavy atom. The molecule has 1 aromatic carbocycles. The number of carbonyl (C=O) groups excluding carboxylic acids is 1. The number of thiophene rings is 1. The molecule has 2 aromatic rings. The first-order valence-electron chi connectivity index (χ1n) is 7.29. The number of hydrogen-bond acceptors (Lipinski definition) is 3. The highest BCUT2D eigenvalue weighted by atomic mass is 32.1. The number of aryl methyl sites for hydroxylation is 2. The molecule has 0 saturated heterocycles. The van der Waals surface area contributed by atoms with Gasteiger partial charge < -0.3 is 10.1 Å². The Hall–Kier alpha value is -1.81. The fourth-order valence-corrected chi connectivity index (χ4v) is 3.88. The minimum absolute atomic E-state index is 0.0142. The molecular weight excluding hydrogens is 282 g/mol. The zero-order valence-electron chi connectivity index (χ0n) is 12.1. The Kier molecular flexibility index (Phi) is 4.25. The predicted octanol–water partition coefficient (Wildman–Crippen LogP) is 3.57. The lowest BCUT2D eigenvalue weighted by atomic mass is 9.99. The number of carbonyl (C=O) groups is 1. The number of hydrogen-bond donors (Lipinski definition) is 1. The number of fused-ring (bicyclic) bond motifs is 1. The summed E-state index contributed by atoms with van der Waals surface area (Å²) in [6.45, 7) is 0.491. The quantitative estimate of drug-likeness (QED) is 0.937. The van der Waals surface area contributed by atoms with E-state index in [2.05, 4.69) is 11.4 Å². The summed E-state index contributed by atoms with van der Waals surface area (Å²) in [5.74, 6) is 0.823. The first kappa shape index (κ1) is 14.1. The van der Waals surface area contributed by atoms with Gasteiger partial charge in [-0.1, -0.05) is 18.2 Å². The van der Waals surface area contributed by atoms with Crippen LogP contribution < -0.4 is 10.1 Å². The molecule has 0 atom stereocenters. The van der Waals surface area contributed by atoms with Gasteiger partial charge >= 0.3 is 0 Å². The van der Waals surface area contributed by atoms with Gasteiger partial charge in [0, 0.05) is 17.0 Å². The Labute approximate surface area is 129 Å². The summed E-state index contributed by atoms with van der Waals surface area (Å²) in [7, 11) is 1.65. The zero-order valence-corrected chi connectivity index (χ0v) is 13.0. The number of rotatable bonds is 4. The second-order valence-electron chi connectivity index (χ2n) is 5.26. The predicted molar refractivity (Wildman–Crippen MR) is 85.1 cm³/mol. The maximum absolute atomic E-state index is 12.3. The molecule has 0 fully saturated rings. The largest absolute Gasteiger partial charge is 0.496 e. The van der Waals surface area contributed by atoms with Crippen LogP contribution in [0.5, 0.6) is 5.75 Å². The molecule has 0 spiro atoms. The Bertz CT molecular complexity index is 624. The van der Waals surface area contributed by atoms with Crippen LogP contribution in [0.1, 0.15) is 38.5 Å². The van der Waals surface area contributed by atoms with Crippen LogP contribution in [-0.2, 0) is 19.4 Å². The Balaban J connectivity index is 1.67. The topological polar surface area (TPSA) is 38.3 Å². The van der Waals surface area contributed by atoms with E-state index in [1.54, 1.807) is 18.4 Å². The lowest BCUT2D eigenvalue weighted by Gasteiger charge is -2.08. The van der Waals surface area contributed by atoms with Crippen LogP contribution >= 0.6 is 11.3 Å². The van der Waals surface area contributed by atoms with E-state index >= 15 is 0 Å². The third kappa shape index (κ3) is 3.10. The van der Waals surface area contributed by atoms with Gasteiger partial charge in [0.2, 0.25) is 0 Å². The van der Waals surface area contributed by atoms with Crippen molar-refractivity contribution in [2.45, 2.75) is 32.2 Å². The maximum atomic E-state index is 12.3. The molecule has 0 bridgehead atoms. The molecule has 1 aromatic heterocycles. The van der Waals surface area contributed by atoms with E-state index in [0.29, 0.717) is 6.54 Å². The second kappa shape index (κ2) is 6.31. The number of methoxy groups -OCH3 is 1. The van der Waals surface area contributed by atoms with Crippen molar-refractivity contribution < 1.29 is 9.53 Å². The van der Waals surface area contributed by atoms with Crippen molar-refractivity contribution in [2.24, 2.45) is 0 Å². The lowest BCUT2D eigenvalue weighted by molar-refractivity contribution is 0.0954. The van der Waals surface area contributed by atoms with Crippen molar-refractivity contribution in [2.75, 3.05) is 7.11 Å². The minimum Gasteiger partial charge on any atom is -0.496 e. The summed E-state index contributed by atoms with van der Waals surface area (Å²) in [6, 6.07) is 9.83. The molecule has 3 nitrogen and oxygen atoms in total. The summed E-state index contributed by atoms with van der Waals surface area (Å²) in [6.07, 6.45) is 4.73. The second-order valence-corrected chi connectivity index (χ2v) is 6.40. The number of ether oxygens (including phenoxy) is 1. The summed E-state index contributed by atoms with van der Waals surface area (Å²) in [5.41, 5.74) is 2.36. The highest BCUT2D eigenvalue weighted by molar-refractivity contribution is 7.14. The number of para-hydroxylation sites is 1. The molecule has 21 heavy (non-hydrogen) atoms. The molecule has 1 N–H and O–H groups in total. The normalized spacial score (nSPS) is 13.6. The minimum atomic E-state index is 0.0142. The maximum Gasteiger partial charge on any atom is 0.261 e. The highest BCUT2D eigenvalue weighted by Crippen LogP contribution is 2.29. The van der Waals surface area contributed by atoms with Gasteiger partial charge in [0.15, 0.2) is 0 Å². The van der Waals surface area contributed by atoms with Crippen molar-refractivity contribution in [1.29, 1.82) is 0 Å². The molecule has 4 heteroatoms. The fourth-order valence-electron chi connectivity index (χ4n) is 2.71. The molecule has 1 aliphatic rings. The van der Waals surface area contributed by atoms with E-state index in [1.165, 1.54) is 23.3 Å². The van der Waals surface area contributed by atoms with Crippen LogP contribution in [0, 0.1) is 0 Å². The Morgan fingerprint density at radius 1 is 1.29 bits per heavy atom. The van der Waals surface area contributed by atoms with E-state index in [0.717, 1.165) is 29.0 Å². The molecule has 3 rings (SSSR count). The number of amides is 1. The molecule has 0 unspecified atom stereocenters. The van der Waals surface area contributed by atoms with E-state index in [4.69, 9.17) is 4.74 Å². The van der Waals surface area contributed by atoms with Crippen molar-refractivity contribution in [3.05, 3.63) is 51.2 Å². The average molecular weight is 301 g/mol. The molecule has 0 saturated carbocycles. The van der Waals surface area contributed by atoms with Crippen LogP contribution in [0.4, 0.5) is 0 Å². The van der Waals surface area contributed by atoms with Crippen LogP contribution in [0.2, 0.25) is 0 Å². The third-order valence-corrected chi connectivity index (χ3v) is 5.09. The fraction of sp³-hybridized carbons (Fsp3) is 0.353. The van der Waals surface area contributed by atoms with Crippen LogP contribution in [0.15, 0.2) is 30.3 Å². The van der Waals surface area contributed by atoms with Crippen LogP contribution in [-0.4, -0.2) is 13.0 Å². The van der Waals surface area contributed by atoms with Crippen molar-refractivity contribution in [3.63, 3.8) is 0 Å². The van der Waals surface area contributed by atoms with Crippen LogP contribution in [0.25, 0.3) is 0 Å². The van der Waals surface area contributed by atoms with Crippen molar-refractivity contribution in [3.8, 4) is 5.75 Å². The van der Waals surface area contributed by atoms with Gasteiger partial charge in [-0.2, -0.15) is 0 Å². The SMILES string of the molecule is COc1ccccc1CNC(=O)c1cc2c(s1)CCCC2. The van der Waals surface area contributed by atoms with Gasteiger partial charge in [-0.15, -0.1) is 11.3 Å². The first-order valence-corrected chi connectivity index (χ1v) is 8.11. The van der Waals surface area contributed by atoms with Crippen molar-refractivity contribution >= 4 is 17.2 Å². The van der Waals surface area contributed by atoms with Gasteiger partial charge in [-0.25, -0.2) is 0 Å². The highest BCUT2D eigenvalue weighted by Gasteiger charge is 2.17. The molecule has 1 amide bonds. The van der Waals surface area contributed by atoms with E-state index in [9.17, 15) is 4.79 Å². The van der Waals surface area contributed by atoms with E-state index < -0.39 is 0 Å². The van der Waals surface area contributed by atoms with Gasteiger partial charge in [0.1, 0.15) is 5.75 Å². The standard InChI is InChI=1S/C17H19NO2S/c1-20-14-8-4-2-7-13(14)11-18-17(19)16-10-12-6-3-5-9-15(12)21-16/h2,4,7-8,10H,3,5-6,9,11H2,1H3,(H,18,19). The Morgan fingerprint density at radius 3 is 2.90 bits per heavy atom. The van der Waals surface area contributed by atoms with Crippen LogP contribution in [0.3, 0.4) is 0 Å². The van der Waals surface area contributed by atoms with Crippen molar-refractivity contribution in [1.82, 2.24) is 5.32 Å². The van der Waals surface area contributed by atoms with Gasteiger partial charge in [0.25, 0.3) is 5.91 Å². The molecule has 0 radical (unpaired) electrons. The summed E-state index contributed by atoms with van der Waals surface area (Å²) < 4.78 is 5.30. The number of nitrogens with one attached hydrogen (secondary N) is 1. The molecule has 0 aliphatic heterocycles. The first-order chi connectivity index (χ1) is 10.3. The average Bonchev–Trinajstić information content (AvgIpc) is 2.97. The summed E-state index contributed by atoms with van der Waals surface area (Å²) in [4.78, 5) is 14.5. The molecule has 110 valence electrons. The monoisotopic (exact) mass is 301 g/mol. The summed E-state index contributed by atoms with van der Waals surface area (Å²) in [5, 5.41) is 2.99. The van der Waals surface area contributed by atoms with Gasteiger partial charge in [-0.05, 0) is 43.4 Å². The lowest BCUT2D eigenvalue weighted by Crippen LogP contribution is -2.22. The molecular formula is C17H19NO2S. The summed E-state index contributed by atoms with van der Waals surface area (Å²) >= 11 is 1.65. The third-order valence-electron chi connectivity index (χ3n) is 3.85. The van der Waals surface area contributed by atoms with E-state index in [-0.39, 0.29) is 5.91 Å².